The van der Waals surface area contributed by atoms with E-state index in [0.717, 1.165) is 96.6 Å². The summed E-state index contributed by atoms with van der Waals surface area (Å²) in [5.41, 5.74) is 10.7. The first-order valence-corrected chi connectivity index (χ1v) is 22.9. The van der Waals surface area contributed by atoms with Gasteiger partial charge in [0.05, 0.1) is 16.6 Å². The van der Waals surface area contributed by atoms with Gasteiger partial charge in [0.2, 0.25) is 0 Å². The van der Waals surface area contributed by atoms with Gasteiger partial charge in [0.15, 0.2) is 0 Å². The zero-order valence-electron chi connectivity index (χ0n) is 36.8. The van der Waals surface area contributed by atoms with Crippen LogP contribution >= 0.6 is 11.6 Å². The Morgan fingerprint density at radius 1 is 0.508 bits per heavy atom. The molecule has 6 fully saturated rings. The van der Waals surface area contributed by atoms with Gasteiger partial charge in [0.1, 0.15) is 35.8 Å². The van der Waals surface area contributed by atoms with Gasteiger partial charge in [0, 0.05) is 67.0 Å². The van der Waals surface area contributed by atoms with Gasteiger partial charge in [0.25, 0.3) is 0 Å². The van der Waals surface area contributed by atoms with Gasteiger partial charge >= 0.3 is 0 Å². The monoisotopic (exact) mass is 839 g/mol. The van der Waals surface area contributed by atoms with E-state index in [-0.39, 0.29) is 0 Å². The maximum atomic E-state index is 5.93. The number of nitrogens with zero attached hydrogens (tertiary/aromatic N) is 8. The van der Waals surface area contributed by atoms with Gasteiger partial charge in [-0.25, -0.2) is 29.9 Å². The van der Waals surface area contributed by atoms with Crippen LogP contribution in [0.15, 0.2) is 55.4 Å². The van der Waals surface area contributed by atoms with Crippen molar-refractivity contribution in [1.82, 2.24) is 45.9 Å². The van der Waals surface area contributed by atoms with Crippen LogP contribution in [0.5, 0.6) is 0 Å². The summed E-state index contributed by atoms with van der Waals surface area (Å²) in [6.07, 6.45) is 13.4. The highest BCUT2D eigenvalue weighted by molar-refractivity contribution is 6.34. The zero-order valence-corrected chi connectivity index (χ0v) is 37.6. The molecule has 12 heteroatoms. The lowest BCUT2D eigenvalue weighted by atomic mass is 9.91. The molecule has 11 nitrogen and oxygen atoms in total. The van der Waals surface area contributed by atoms with E-state index in [4.69, 9.17) is 11.6 Å². The normalized spacial score (nSPS) is 24.8. The number of rotatable bonds is 2. The van der Waals surface area contributed by atoms with E-state index >= 15 is 0 Å². The van der Waals surface area contributed by atoms with E-state index in [2.05, 4.69) is 121 Å². The van der Waals surface area contributed by atoms with Crippen molar-refractivity contribution in [1.29, 1.82) is 0 Å². The Hall–Kier alpha value is -4.55. The average Bonchev–Trinajstić information content (AvgIpc) is 3.89. The Labute approximate surface area is 365 Å². The molecule has 8 heterocycles. The molecule has 1 saturated carbocycles. The Morgan fingerprint density at radius 2 is 1.05 bits per heavy atom. The van der Waals surface area contributed by atoms with Gasteiger partial charge in [-0.3, -0.25) is 0 Å². The lowest BCUT2D eigenvalue weighted by Crippen LogP contribution is -2.41. The predicted octanol–water partition coefficient (Wildman–Crippen LogP) is 8.14. The van der Waals surface area contributed by atoms with Crippen molar-refractivity contribution in [3.8, 4) is 0 Å². The van der Waals surface area contributed by atoms with Crippen molar-refractivity contribution in [2.24, 2.45) is 17.8 Å². The number of aromatic nitrogens is 6. The Morgan fingerprint density at radius 3 is 1.69 bits per heavy atom. The number of halogens is 1. The third kappa shape index (κ3) is 9.17. The molecule has 5 saturated heterocycles. The van der Waals surface area contributed by atoms with E-state index in [0.29, 0.717) is 17.2 Å². The van der Waals surface area contributed by atoms with Gasteiger partial charge in [-0.05, 0) is 174 Å². The number of fused-ring (bicyclic) bond motifs is 9. The predicted molar refractivity (Wildman–Crippen MR) is 250 cm³/mol. The molecule has 0 radical (unpaired) electrons. The molecule has 6 aromatic rings. The highest BCUT2D eigenvalue weighted by atomic mass is 35.5. The molecule has 61 heavy (non-hydrogen) atoms. The van der Waals surface area contributed by atoms with Crippen molar-refractivity contribution >= 4 is 55.9 Å². The standard InChI is InChI=1S/2C16H20N4.C10H9ClN2.C7H13N/c1-10-3-14-15(4-11(10)2)18-9-19-16(14)20-8-12-5-13(20)7-17-6-12;1-10-3-14-15(4-11(10)2)18-9-19-16(14)20-7-12-5-13(8-20)17-6-12;1-6-3-8-9(4-7(6)2)12-5-13-10(8)11;1-2-6-4-7(3-1)8-5-6/h2*3-4,9,12-13,17H,5-8H2,1-2H3;3-5H,1-2H3;6-8H,1-5H2. The van der Waals surface area contributed by atoms with Crippen molar-refractivity contribution in [3.63, 3.8) is 0 Å². The van der Waals surface area contributed by atoms with Gasteiger partial charge < -0.3 is 25.8 Å². The lowest BCUT2D eigenvalue weighted by molar-refractivity contribution is 0.410. The third-order valence-electron chi connectivity index (χ3n) is 14.3. The summed E-state index contributed by atoms with van der Waals surface area (Å²) in [4.78, 5) is 31.1. The van der Waals surface area contributed by atoms with E-state index in [1.54, 1.807) is 12.7 Å². The molecule has 6 aliphatic rings. The largest absolute Gasteiger partial charge is 0.354 e. The summed E-state index contributed by atoms with van der Waals surface area (Å²) >= 11 is 5.93. The SMILES string of the molecule is C1CC2CNC(C1)C2.Cc1cc2ncnc(Cl)c2cc1C.Cc1cc2ncnc(N3CC4CNC(C4)C3)c2cc1C.Cc1cc2ncnc(N3CC4CNCC3C4)c2cc1C. The molecule has 6 bridgehead atoms. The first-order valence-electron chi connectivity index (χ1n) is 22.6. The van der Waals surface area contributed by atoms with Crippen LogP contribution in [0.2, 0.25) is 5.15 Å². The quantitative estimate of drug-likeness (QED) is 0.147. The van der Waals surface area contributed by atoms with Gasteiger partial charge in [-0.1, -0.05) is 18.0 Å². The molecule has 3 aromatic carbocycles. The second-order valence-corrected chi connectivity index (χ2v) is 19.1. The molecule has 12 rings (SSSR count). The number of hydrogen-bond donors (Lipinski definition) is 3. The second kappa shape index (κ2) is 18.0. The van der Waals surface area contributed by atoms with Gasteiger partial charge in [-0.2, -0.15) is 0 Å². The molecule has 0 amide bonds. The average molecular weight is 841 g/mol. The maximum absolute atomic E-state index is 5.93. The first kappa shape index (κ1) is 41.8. The molecule has 3 N–H and O–H groups in total. The van der Waals surface area contributed by atoms with Crippen LogP contribution in [0, 0.1) is 59.3 Å². The summed E-state index contributed by atoms with van der Waals surface area (Å²) in [6.45, 7) is 20.7. The number of piperidine rings is 2. The smallest absolute Gasteiger partial charge is 0.140 e. The molecule has 6 atom stereocenters. The summed E-state index contributed by atoms with van der Waals surface area (Å²) in [6, 6.07) is 15.0. The summed E-state index contributed by atoms with van der Waals surface area (Å²) in [5, 5.41) is 14.5. The van der Waals surface area contributed by atoms with Crippen LogP contribution in [0.25, 0.3) is 32.7 Å². The number of hydrogen-bond acceptors (Lipinski definition) is 11. The molecule has 1 aliphatic carbocycles. The van der Waals surface area contributed by atoms with E-state index in [9.17, 15) is 0 Å². The fraction of sp³-hybridized carbons (Fsp3) is 0.510. The second-order valence-electron chi connectivity index (χ2n) is 18.7. The topological polar surface area (TPSA) is 120 Å². The number of nitrogens with one attached hydrogen (secondary N) is 3. The van der Waals surface area contributed by atoms with Crippen molar-refractivity contribution in [3.05, 3.63) is 93.9 Å². The Balaban J connectivity index is 0.000000109. The highest BCUT2D eigenvalue weighted by Crippen LogP contribution is 2.35. The molecule has 5 aliphatic heterocycles. The number of anilines is 2. The summed E-state index contributed by atoms with van der Waals surface area (Å²) in [5.74, 6) is 4.81. The molecule has 3 aromatic heterocycles. The van der Waals surface area contributed by atoms with E-state index < -0.39 is 0 Å². The third-order valence-corrected chi connectivity index (χ3v) is 14.6. The minimum atomic E-state index is 0.521. The van der Waals surface area contributed by atoms with Crippen LogP contribution in [0.3, 0.4) is 0 Å². The Bertz CT molecular complexity index is 2500. The van der Waals surface area contributed by atoms with E-state index in [1.807, 2.05) is 12.1 Å². The van der Waals surface area contributed by atoms with E-state index in [1.165, 1.54) is 95.6 Å². The van der Waals surface area contributed by atoms with Crippen molar-refractivity contribution < 1.29 is 0 Å². The summed E-state index contributed by atoms with van der Waals surface area (Å²) < 4.78 is 0. The molecule has 0 spiro atoms. The summed E-state index contributed by atoms with van der Waals surface area (Å²) in [7, 11) is 0. The fourth-order valence-electron chi connectivity index (χ4n) is 10.4. The van der Waals surface area contributed by atoms with Crippen LogP contribution in [0.1, 0.15) is 71.9 Å². The number of benzene rings is 3. The maximum Gasteiger partial charge on any atom is 0.140 e. The van der Waals surface area contributed by atoms with Crippen LogP contribution < -0.4 is 25.8 Å². The molecule has 320 valence electrons. The molecule has 6 unspecified atom stereocenters. The van der Waals surface area contributed by atoms with Crippen LogP contribution in [-0.4, -0.2) is 93.8 Å². The molecular formula is C49H62ClN11. The minimum absolute atomic E-state index is 0.521. The van der Waals surface area contributed by atoms with Gasteiger partial charge in [-0.15, -0.1) is 0 Å². The van der Waals surface area contributed by atoms with Crippen LogP contribution in [0.4, 0.5) is 11.6 Å². The van der Waals surface area contributed by atoms with Crippen molar-refractivity contribution in [2.75, 3.05) is 55.6 Å². The zero-order chi connectivity index (χ0) is 42.2. The van der Waals surface area contributed by atoms with Crippen molar-refractivity contribution in [2.45, 2.75) is 98.2 Å². The van der Waals surface area contributed by atoms with Crippen LogP contribution in [-0.2, 0) is 0 Å². The number of aryl methyl sites for hydroxylation is 6. The lowest BCUT2D eigenvalue weighted by Gasteiger charge is -2.32. The fourth-order valence-corrected chi connectivity index (χ4v) is 10.6. The molecular weight excluding hydrogens is 778 g/mol. The highest BCUT2D eigenvalue weighted by Gasteiger charge is 2.37. The minimum Gasteiger partial charge on any atom is -0.354 e. The Kier molecular flexibility index (Phi) is 12.4. The first-order chi connectivity index (χ1) is 29.6.